The fraction of sp³-hybridized carbons (Fsp3) is 0.278. The molecule has 2 aromatic rings. The molecule has 0 atom stereocenters. The van der Waals surface area contributed by atoms with Crippen LogP contribution in [0.3, 0.4) is 0 Å². The highest BCUT2D eigenvalue weighted by Crippen LogP contribution is 2.29. The fourth-order valence-corrected chi connectivity index (χ4v) is 2.29. The van der Waals surface area contributed by atoms with Gasteiger partial charge in [-0.25, -0.2) is 0 Å². The van der Waals surface area contributed by atoms with E-state index in [1.54, 1.807) is 13.2 Å². The van der Waals surface area contributed by atoms with E-state index in [-0.39, 0.29) is 12.3 Å². The molecule has 0 saturated heterocycles. The third-order valence-electron chi connectivity index (χ3n) is 3.56. The zero-order valence-corrected chi connectivity index (χ0v) is 13.2. The number of alkyl halides is 3. The summed E-state index contributed by atoms with van der Waals surface area (Å²) in [6.45, 7) is 0.360. The van der Waals surface area contributed by atoms with E-state index in [0.29, 0.717) is 18.7 Å². The monoisotopic (exact) mass is 337 g/mol. The third kappa shape index (κ3) is 5.01. The van der Waals surface area contributed by atoms with Gasteiger partial charge in [0.15, 0.2) is 0 Å². The van der Waals surface area contributed by atoms with Crippen LogP contribution in [0.25, 0.3) is 0 Å². The summed E-state index contributed by atoms with van der Waals surface area (Å²) in [6.07, 6.45) is -3.67. The summed E-state index contributed by atoms with van der Waals surface area (Å²) < 4.78 is 42.6. The molecule has 128 valence electrons. The number of carbonyl (C=O) groups is 1. The number of benzene rings is 2. The van der Waals surface area contributed by atoms with Crippen molar-refractivity contribution in [2.24, 2.45) is 0 Å². The normalized spacial score (nSPS) is 11.2. The van der Waals surface area contributed by atoms with Crippen molar-refractivity contribution in [1.82, 2.24) is 5.32 Å². The van der Waals surface area contributed by atoms with Gasteiger partial charge < -0.3 is 10.1 Å². The Bertz CT molecular complexity index is 681. The minimum Gasteiger partial charge on any atom is -0.496 e. The second-order valence-electron chi connectivity index (χ2n) is 5.28. The van der Waals surface area contributed by atoms with Crippen molar-refractivity contribution in [3.63, 3.8) is 0 Å². The van der Waals surface area contributed by atoms with Crippen LogP contribution in [0.1, 0.15) is 16.7 Å². The van der Waals surface area contributed by atoms with Crippen LogP contribution in [-0.2, 0) is 23.8 Å². The highest BCUT2D eigenvalue weighted by Gasteiger charge is 2.29. The Labute approximate surface area is 138 Å². The molecule has 0 unspecified atom stereocenters. The van der Waals surface area contributed by atoms with E-state index in [0.717, 1.165) is 23.3 Å². The van der Waals surface area contributed by atoms with Crippen LogP contribution in [0.5, 0.6) is 5.75 Å². The molecule has 0 spiro atoms. The standard InChI is InChI=1S/C18H18F3NO2/c1-24-16-5-3-2-4-14(16)12-17(23)22-11-10-13-6-8-15(9-7-13)18(19,20)21/h2-9H,10-12H2,1H3,(H,22,23). The zero-order chi connectivity index (χ0) is 17.6. The molecule has 1 amide bonds. The Morgan fingerprint density at radius 1 is 1.08 bits per heavy atom. The first kappa shape index (κ1) is 17.8. The molecule has 3 nitrogen and oxygen atoms in total. The Balaban J connectivity index is 1.82. The molecule has 0 heterocycles. The second-order valence-corrected chi connectivity index (χ2v) is 5.28. The van der Waals surface area contributed by atoms with Crippen LogP contribution in [0.15, 0.2) is 48.5 Å². The second kappa shape index (κ2) is 7.86. The topological polar surface area (TPSA) is 38.3 Å². The number of carbonyl (C=O) groups excluding carboxylic acids is 1. The summed E-state index contributed by atoms with van der Waals surface area (Å²) in [5.41, 5.74) is 0.846. The number of ether oxygens (including phenoxy) is 1. The largest absolute Gasteiger partial charge is 0.496 e. The zero-order valence-electron chi connectivity index (χ0n) is 13.2. The number of rotatable bonds is 6. The molecule has 0 radical (unpaired) electrons. The molecule has 0 aromatic heterocycles. The molecule has 0 aliphatic rings. The van der Waals surface area contributed by atoms with E-state index in [1.807, 2.05) is 18.2 Å². The van der Waals surface area contributed by atoms with Gasteiger partial charge in [-0.3, -0.25) is 4.79 Å². The predicted molar refractivity (Wildman–Crippen MR) is 84.9 cm³/mol. The number of hydrogen-bond donors (Lipinski definition) is 1. The van der Waals surface area contributed by atoms with Crippen LogP contribution >= 0.6 is 0 Å². The average molecular weight is 337 g/mol. The molecule has 0 aliphatic heterocycles. The van der Waals surface area contributed by atoms with Gasteiger partial charge in [-0.2, -0.15) is 13.2 Å². The van der Waals surface area contributed by atoms with Crippen molar-refractivity contribution in [3.05, 3.63) is 65.2 Å². The predicted octanol–water partition coefficient (Wildman–Crippen LogP) is 3.62. The minimum absolute atomic E-state index is 0.161. The summed E-state index contributed by atoms with van der Waals surface area (Å²) in [7, 11) is 1.54. The number of nitrogens with one attached hydrogen (secondary N) is 1. The van der Waals surface area contributed by atoms with E-state index in [9.17, 15) is 18.0 Å². The van der Waals surface area contributed by atoms with Gasteiger partial charge in [0.1, 0.15) is 5.75 Å². The van der Waals surface area contributed by atoms with Gasteiger partial charge in [0.25, 0.3) is 0 Å². The van der Waals surface area contributed by atoms with Gasteiger partial charge in [-0.1, -0.05) is 30.3 Å². The van der Waals surface area contributed by atoms with Gasteiger partial charge in [-0.15, -0.1) is 0 Å². The lowest BCUT2D eigenvalue weighted by Gasteiger charge is -2.10. The third-order valence-corrected chi connectivity index (χ3v) is 3.56. The van der Waals surface area contributed by atoms with Crippen molar-refractivity contribution in [2.75, 3.05) is 13.7 Å². The van der Waals surface area contributed by atoms with Crippen LogP contribution in [-0.4, -0.2) is 19.6 Å². The molecular weight excluding hydrogens is 319 g/mol. The Kier molecular flexibility index (Phi) is 5.84. The van der Waals surface area contributed by atoms with Crippen molar-refractivity contribution < 1.29 is 22.7 Å². The lowest BCUT2D eigenvalue weighted by atomic mass is 10.1. The molecule has 0 fully saturated rings. The maximum absolute atomic E-state index is 12.5. The molecule has 6 heteroatoms. The SMILES string of the molecule is COc1ccccc1CC(=O)NCCc1ccc(C(F)(F)F)cc1. The first-order chi connectivity index (χ1) is 11.4. The van der Waals surface area contributed by atoms with Crippen LogP contribution in [0.2, 0.25) is 0 Å². The summed E-state index contributed by atoms with van der Waals surface area (Å²) >= 11 is 0. The molecular formula is C18H18F3NO2. The van der Waals surface area contributed by atoms with E-state index in [2.05, 4.69) is 5.32 Å². The highest BCUT2D eigenvalue weighted by molar-refractivity contribution is 5.79. The number of para-hydroxylation sites is 1. The minimum atomic E-state index is -4.33. The molecule has 2 rings (SSSR count). The fourth-order valence-electron chi connectivity index (χ4n) is 2.29. The first-order valence-corrected chi connectivity index (χ1v) is 7.45. The van der Waals surface area contributed by atoms with Crippen molar-refractivity contribution >= 4 is 5.91 Å². The van der Waals surface area contributed by atoms with Crippen LogP contribution in [0, 0.1) is 0 Å². The van der Waals surface area contributed by atoms with E-state index in [1.165, 1.54) is 12.1 Å². The molecule has 1 N–H and O–H groups in total. The van der Waals surface area contributed by atoms with Gasteiger partial charge >= 0.3 is 6.18 Å². The lowest BCUT2D eigenvalue weighted by Crippen LogP contribution is -2.27. The van der Waals surface area contributed by atoms with Crippen LogP contribution < -0.4 is 10.1 Å². The smallest absolute Gasteiger partial charge is 0.416 e. The van der Waals surface area contributed by atoms with E-state index >= 15 is 0 Å². The maximum Gasteiger partial charge on any atom is 0.416 e. The summed E-state index contributed by atoms with van der Waals surface area (Å²) in [6, 6.07) is 12.2. The average Bonchev–Trinajstić information content (AvgIpc) is 2.55. The number of methoxy groups -OCH3 is 1. The van der Waals surface area contributed by atoms with Gasteiger partial charge in [0, 0.05) is 12.1 Å². The Morgan fingerprint density at radius 3 is 2.38 bits per heavy atom. The van der Waals surface area contributed by atoms with E-state index < -0.39 is 11.7 Å². The van der Waals surface area contributed by atoms with Gasteiger partial charge in [-0.05, 0) is 30.2 Å². The van der Waals surface area contributed by atoms with Crippen molar-refractivity contribution in [1.29, 1.82) is 0 Å². The molecule has 0 bridgehead atoms. The van der Waals surface area contributed by atoms with Gasteiger partial charge in [0.2, 0.25) is 5.91 Å². The molecule has 0 aliphatic carbocycles. The summed E-state index contributed by atoms with van der Waals surface area (Å²) in [4.78, 5) is 11.9. The van der Waals surface area contributed by atoms with E-state index in [4.69, 9.17) is 4.74 Å². The van der Waals surface area contributed by atoms with Crippen molar-refractivity contribution in [3.8, 4) is 5.75 Å². The maximum atomic E-state index is 12.5. The summed E-state index contributed by atoms with van der Waals surface area (Å²) in [5.74, 6) is 0.488. The van der Waals surface area contributed by atoms with Crippen LogP contribution in [0.4, 0.5) is 13.2 Å². The molecule has 2 aromatic carbocycles. The number of amides is 1. The Morgan fingerprint density at radius 2 is 1.75 bits per heavy atom. The first-order valence-electron chi connectivity index (χ1n) is 7.45. The highest BCUT2D eigenvalue weighted by atomic mass is 19.4. The lowest BCUT2D eigenvalue weighted by molar-refractivity contribution is -0.137. The van der Waals surface area contributed by atoms with Gasteiger partial charge in [0.05, 0.1) is 19.1 Å². The number of halogens is 3. The quantitative estimate of drug-likeness (QED) is 0.874. The Hall–Kier alpha value is -2.50. The summed E-state index contributed by atoms with van der Waals surface area (Å²) in [5, 5.41) is 2.76. The number of hydrogen-bond acceptors (Lipinski definition) is 2. The molecule has 24 heavy (non-hydrogen) atoms. The molecule has 0 saturated carbocycles. The van der Waals surface area contributed by atoms with Crippen molar-refractivity contribution in [2.45, 2.75) is 19.0 Å².